The highest BCUT2D eigenvalue weighted by molar-refractivity contribution is 9.10. The fourth-order valence-corrected chi connectivity index (χ4v) is 3.52. The molecule has 0 aliphatic heterocycles. The maximum absolute atomic E-state index is 12.5. The second kappa shape index (κ2) is 7.92. The number of nitrogens with zero attached hydrogens (tertiary/aromatic N) is 1. The summed E-state index contributed by atoms with van der Waals surface area (Å²) in [6, 6.07) is 15.0. The van der Waals surface area contributed by atoms with Crippen molar-refractivity contribution in [3.63, 3.8) is 0 Å². The van der Waals surface area contributed by atoms with Crippen LogP contribution < -0.4 is 15.6 Å². The molecule has 1 aromatic heterocycles. The highest BCUT2D eigenvalue weighted by Crippen LogP contribution is 2.24. The molecule has 3 rings (SSSR count). The predicted octanol–water partition coefficient (Wildman–Crippen LogP) is 3.43. The number of H-pyrrole nitrogens is 1. The lowest BCUT2D eigenvalue weighted by atomic mass is 10.2. The Morgan fingerprint density at radius 1 is 1.23 bits per heavy atom. The zero-order chi connectivity index (χ0) is 18.7. The molecule has 6 nitrogen and oxygen atoms in total. The Morgan fingerprint density at radius 2 is 1.92 bits per heavy atom. The number of aromatic nitrogens is 2. The van der Waals surface area contributed by atoms with E-state index in [9.17, 15) is 9.59 Å². The van der Waals surface area contributed by atoms with E-state index >= 15 is 0 Å². The van der Waals surface area contributed by atoms with Crippen LogP contribution in [0.5, 0.6) is 0 Å². The topological polar surface area (TPSA) is 79.0 Å². The first-order valence-electron chi connectivity index (χ1n) is 7.88. The number of amides is 1. The molecule has 0 aliphatic carbocycles. The number of aryl methyl sites for hydroxylation is 1. The van der Waals surface area contributed by atoms with Crippen LogP contribution >= 0.6 is 27.7 Å². The number of hydrogen-bond acceptors (Lipinski definition) is 4. The third-order valence-electron chi connectivity index (χ3n) is 3.69. The van der Waals surface area contributed by atoms with E-state index in [4.69, 9.17) is 4.52 Å². The number of benzene rings is 2. The molecule has 1 atom stereocenters. The second-order valence-corrected chi connectivity index (χ2v) is 7.87. The highest BCUT2D eigenvalue weighted by Gasteiger charge is 2.29. The summed E-state index contributed by atoms with van der Waals surface area (Å²) in [6.07, 6.45) is 0. The third-order valence-corrected chi connectivity index (χ3v) is 5.52. The largest absolute Gasteiger partial charge is 0.442 e. The zero-order valence-electron chi connectivity index (χ0n) is 14.2. The fraction of sp³-hybridized carbons (Fsp3) is 0.167. The molecule has 0 aliphatic rings. The van der Waals surface area contributed by atoms with E-state index in [1.165, 1.54) is 4.68 Å². The number of para-hydroxylation sites is 1. The van der Waals surface area contributed by atoms with Gasteiger partial charge in [-0.3, -0.25) is 9.32 Å². The second-order valence-electron chi connectivity index (χ2n) is 5.69. The molecule has 1 unspecified atom stereocenters. The Hall–Kier alpha value is -2.32. The molecule has 1 amide bonds. The van der Waals surface area contributed by atoms with E-state index in [0.717, 1.165) is 27.5 Å². The maximum Gasteiger partial charge on any atom is 0.442 e. The van der Waals surface area contributed by atoms with Crippen LogP contribution in [0.3, 0.4) is 0 Å². The minimum Gasteiger partial charge on any atom is -0.324 e. The van der Waals surface area contributed by atoms with Crippen LogP contribution in [0.1, 0.15) is 12.5 Å². The summed E-state index contributed by atoms with van der Waals surface area (Å²) in [5.74, 6) is -0.210. The molecule has 3 aromatic rings. The molecule has 0 spiro atoms. The number of rotatable bonds is 5. The van der Waals surface area contributed by atoms with Crippen molar-refractivity contribution in [2.45, 2.75) is 24.1 Å². The van der Waals surface area contributed by atoms with E-state index in [1.807, 2.05) is 49.4 Å². The molecule has 0 saturated carbocycles. The Bertz CT molecular complexity index is 982. The number of aromatic amines is 1. The van der Waals surface area contributed by atoms with Crippen molar-refractivity contribution in [2.24, 2.45) is 0 Å². The normalized spacial score (nSPS) is 12.0. The van der Waals surface area contributed by atoms with Gasteiger partial charge in [0.2, 0.25) is 11.6 Å². The summed E-state index contributed by atoms with van der Waals surface area (Å²) in [5.41, 5.74) is 2.02. The van der Waals surface area contributed by atoms with Gasteiger partial charge in [-0.2, -0.15) is 0 Å². The third kappa shape index (κ3) is 4.08. The van der Waals surface area contributed by atoms with E-state index in [2.05, 4.69) is 26.5 Å². The van der Waals surface area contributed by atoms with Gasteiger partial charge >= 0.3 is 10.7 Å². The molecule has 134 valence electrons. The molecule has 8 heteroatoms. The van der Waals surface area contributed by atoms with Crippen LogP contribution in [-0.4, -0.2) is 16.4 Å². The SMILES string of the molecule is Cc1ccc(-[n+]2[nH]oc(=O)c2SC(C)C(=O)Nc2ccccc2Br)cc1. The minimum atomic E-state index is -0.517. The number of hydrogen-bond donors (Lipinski definition) is 2. The monoisotopic (exact) mass is 434 g/mol. The van der Waals surface area contributed by atoms with Crippen molar-refractivity contribution in [2.75, 3.05) is 5.32 Å². The van der Waals surface area contributed by atoms with Crippen molar-refractivity contribution >= 4 is 39.3 Å². The first-order valence-corrected chi connectivity index (χ1v) is 9.55. The lowest BCUT2D eigenvalue weighted by Gasteiger charge is -2.10. The number of carbonyl (C=O) groups is 1. The average Bonchev–Trinajstić information content (AvgIpc) is 2.98. The van der Waals surface area contributed by atoms with Gasteiger partial charge in [0.05, 0.1) is 10.9 Å². The van der Waals surface area contributed by atoms with Gasteiger partial charge in [-0.25, -0.2) is 4.79 Å². The number of nitrogens with one attached hydrogen (secondary N) is 2. The van der Waals surface area contributed by atoms with Crippen molar-refractivity contribution in [1.82, 2.24) is 5.27 Å². The smallest absolute Gasteiger partial charge is 0.324 e. The van der Waals surface area contributed by atoms with Gasteiger partial charge in [0.15, 0.2) is 0 Å². The maximum atomic E-state index is 12.5. The lowest BCUT2D eigenvalue weighted by Crippen LogP contribution is -2.37. The molecule has 0 bridgehead atoms. The molecule has 0 fully saturated rings. The summed E-state index contributed by atoms with van der Waals surface area (Å²) in [6.45, 7) is 3.72. The minimum absolute atomic E-state index is 0.210. The van der Waals surface area contributed by atoms with Crippen molar-refractivity contribution in [3.05, 3.63) is 69.0 Å². The quantitative estimate of drug-likeness (QED) is 0.476. The number of halogens is 1. The molecule has 0 saturated heterocycles. The lowest BCUT2D eigenvalue weighted by molar-refractivity contribution is -0.704. The van der Waals surface area contributed by atoms with E-state index in [-0.39, 0.29) is 5.91 Å². The van der Waals surface area contributed by atoms with Gasteiger partial charge in [-0.1, -0.05) is 29.8 Å². The summed E-state index contributed by atoms with van der Waals surface area (Å²) < 4.78 is 7.25. The summed E-state index contributed by atoms with van der Waals surface area (Å²) in [5, 5.41) is 5.24. The van der Waals surface area contributed by atoms with Crippen LogP contribution in [-0.2, 0) is 4.79 Å². The number of anilines is 1. The van der Waals surface area contributed by atoms with Crippen molar-refractivity contribution in [3.8, 4) is 5.69 Å². The average molecular weight is 435 g/mol. The first kappa shape index (κ1) is 18.5. The van der Waals surface area contributed by atoms with Crippen LogP contribution in [0, 0.1) is 6.92 Å². The van der Waals surface area contributed by atoms with Gasteiger partial charge < -0.3 is 5.32 Å². The Labute approximate surface area is 162 Å². The van der Waals surface area contributed by atoms with Gasteiger partial charge in [-0.05, 0) is 63.6 Å². The summed E-state index contributed by atoms with van der Waals surface area (Å²) in [7, 11) is 0. The summed E-state index contributed by atoms with van der Waals surface area (Å²) >= 11 is 4.53. The molecule has 0 radical (unpaired) electrons. The number of carbonyl (C=O) groups excluding carboxylic acids is 1. The Kier molecular flexibility index (Phi) is 5.63. The summed E-state index contributed by atoms with van der Waals surface area (Å²) in [4.78, 5) is 24.6. The van der Waals surface area contributed by atoms with Crippen LogP contribution in [0.15, 0.2) is 67.3 Å². The van der Waals surface area contributed by atoms with E-state index in [0.29, 0.717) is 10.7 Å². The number of thioether (sulfide) groups is 1. The van der Waals surface area contributed by atoms with Crippen LogP contribution in [0.4, 0.5) is 5.69 Å². The van der Waals surface area contributed by atoms with E-state index in [1.54, 1.807) is 13.0 Å². The molecule has 2 N–H and O–H groups in total. The van der Waals surface area contributed by atoms with E-state index < -0.39 is 10.9 Å². The molecule has 1 heterocycles. The van der Waals surface area contributed by atoms with Gasteiger partial charge in [0, 0.05) is 16.6 Å². The van der Waals surface area contributed by atoms with Crippen LogP contribution in [0.2, 0.25) is 0 Å². The van der Waals surface area contributed by atoms with Gasteiger partial charge in [-0.15, -0.1) is 0 Å². The van der Waals surface area contributed by atoms with Gasteiger partial charge in [0.1, 0.15) is 0 Å². The standard InChI is InChI=1S/C18H16BrN3O3S/c1-11-7-9-13(10-8-11)22-17(18(24)25-21-22)26-12(2)16(23)20-15-6-4-3-5-14(15)19/h3-10,12H,1-2H3,(H-,20,21,23,24)/p+1. The van der Waals surface area contributed by atoms with Gasteiger partial charge in [0.25, 0.3) is 0 Å². The zero-order valence-corrected chi connectivity index (χ0v) is 16.6. The molecular formula is C18H17BrN3O3S+. The Balaban J connectivity index is 1.79. The fourth-order valence-electron chi connectivity index (χ4n) is 2.25. The van der Waals surface area contributed by atoms with Crippen molar-refractivity contribution in [1.29, 1.82) is 0 Å². The van der Waals surface area contributed by atoms with Crippen LogP contribution in [0.25, 0.3) is 5.69 Å². The van der Waals surface area contributed by atoms with Crippen molar-refractivity contribution < 1.29 is 14.0 Å². The first-order chi connectivity index (χ1) is 12.5. The predicted molar refractivity (Wildman–Crippen MR) is 104 cm³/mol. The molecular weight excluding hydrogens is 418 g/mol. The molecule has 26 heavy (non-hydrogen) atoms. The molecule has 2 aromatic carbocycles. The Morgan fingerprint density at radius 3 is 2.62 bits per heavy atom. The highest BCUT2D eigenvalue weighted by atomic mass is 79.9.